The molecule has 3 N–H and O–H groups in total. The molecular weight excluding hydrogens is 292 g/mol. The predicted molar refractivity (Wildman–Crippen MR) is 81.1 cm³/mol. The van der Waals surface area contributed by atoms with E-state index in [2.05, 4.69) is 5.32 Å². The number of hydrogen-bond donors (Lipinski definition) is 2. The minimum atomic E-state index is -0.854. The van der Waals surface area contributed by atoms with Gasteiger partial charge in [-0.25, -0.2) is 4.79 Å². The lowest BCUT2D eigenvalue weighted by molar-refractivity contribution is -0.129. The lowest BCUT2D eigenvalue weighted by Crippen LogP contribution is -2.40. The number of halogens is 1. The van der Waals surface area contributed by atoms with Gasteiger partial charge < -0.3 is 15.8 Å². The molecule has 5 nitrogen and oxygen atoms in total. The Morgan fingerprint density at radius 3 is 2.67 bits per heavy atom. The highest BCUT2D eigenvalue weighted by molar-refractivity contribution is 6.31. The summed E-state index contributed by atoms with van der Waals surface area (Å²) in [7, 11) is 0. The smallest absolute Gasteiger partial charge is 0.341 e. The first kappa shape index (κ1) is 15.6. The first-order valence-electron chi connectivity index (χ1n) is 7.03. The van der Waals surface area contributed by atoms with Crippen LogP contribution in [0.5, 0.6) is 0 Å². The van der Waals surface area contributed by atoms with Crippen LogP contribution < -0.4 is 11.1 Å². The average Bonchev–Trinajstić information content (AvgIpc) is 2.91. The minimum Gasteiger partial charge on any atom is -0.449 e. The van der Waals surface area contributed by atoms with E-state index in [0.29, 0.717) is 5.02 Å². The van der Waals surface area contributed by atoms with Crippen LogP contribution in [0.2, 0.25) is 5.02 Å². The quantitative estimate of drug-likeness (QED) is 0.661. The number of rotatable bonds is 4. The van der Waals surface area contributed by atoms with E-state index in [9.17, 15) is 9.59 Å². The van der Waals surface area contributed by atoms with Gasteiger partial charge in [-0.15, -0.1) is 0 Å². The molecule has 0 aromatic heterocycles. The van der Waals surface area contributed by atoms with Crippen molar-refractivity contribution in [1.82, 2.24) is 5.32 Å². The summed E-state index contributed by atoms with van der Waals surface area (Å²) in [5.74, 6) is -0.902. The Morgan fingerprint density at radius 1 is 1.38 bits per heavy atom. The van der Waals surface area contributed by atoms with Crippen LogP contribution in [-0.4, -0.2) is 24.0 Å². The van der Waals surface area contributed by atoms with Crippen molar-refractivity contribution in [2.24, 2.45) is 0 Å². The first-order valence-corrected chi connectivity index (χ1v) is 7.41. The summed E-state index contributed by atoms with van der Waals surface area (Å²) in [6.07, 6.45) is 3.36. The van der Waals surface area contributed by atoms with Crippen LogP contribution in [-0.2, 0) is 9.53 Å². The third kappa shape index (κ3) is 4.11. The molecule has 1 saturated carbocycles. The molecule has 21 heavy (non-hydrogen) atoms. The Hall–Kier alpha value is -1.75. The summed E-state index contributed by atoms with van der Waals surface area (Å²) in [6.45, 7) is 1.55. The number of amides is 1. The number of benzene rings is 1. The maximum absolute atomic E-state index is 12.0. The van der Waals surface area contributed by atoms with Crippen LogP contribution in [0.1, 0.15) is 43.0 Å². The van der Waals surface area contributed by atoms with Crippen molar-refractivity contribution in [3.8, 4) is 0 Å². The predicted octanol–water partition coefficient (Wildman–Crippen LogP) is 2.53. The molecule has 0 radical (unpaired) electrons. The fraction of sp³-hybridized carbons (Fsp3) is 0.467. The highest BCUT2D eigenvalue weighted by atomic mass is 35.5. The van der Waals surface area contributed by atoms with Crippen molar-refractivity contribution in [2.75, 3.05) is 5.73 Å². The number of nitrogens with one attached hydrogen (secondary N) is 1. The molecule has 1 fully saturated rings. The fourth-order valence-electron chi connectivity index (χ4n) is 2.39. The molecule has 0 saturated heterocycles. The van der Waals surface area contributed by atoms with Crippen LogP contribution in [0.15, 0.2) is 18.2 Å². The first-order chi connectivity index (χ1) is 9.97. The van der Waals surface area contributed by atoms with Gasteiger partial charge in [-0.3, -0.25) is 4.79 Å². The van der Waals surface area contributed by atoms with Crippen LogP contribution >= 0.6 is 11.6 Å². The van der Waals surface area contributed by atoms with E-state index in [1.807, 2.05) is 0 Å². The second-order valence-corrected chi connectivity index (χ2v) is 5.71. The Morgan fingerprint density at radius 2 is 2.05 bits per heavy atom. The van der Waals surface area contributed by atoms with Gasteiger partial charge in [0, 0.05) is 16.8 Å². The van der Waals surface area contributed by atoms with E-state index < -0.39 is 12.1 Å². The summed E-state index contributed by atoms with van der Waals surface area (Å²) in [4.78, 5) is 24.0. The van der Waals surface area contributed by atoms with E-state index in [1.54, 1.807) is 13.0 Å². The zero-order valence-corrected chi connectivity index (χ0v) is 12.7. The molecule has 114 valence electrons. The molecular formula is C15H19ClN2O3. The molecule has 2 rings (SSSR count). The molecule has 1 aromatic rings. The van der Waals surface area contributed by atoms with Gasteiger partial charge in [-0.2, -0.15) is 0 Å². The van der Waals surface area contributed by atoms with Crippen molar-refractivity contribution < 1.29 is 14.3 Å². The molecule has 0 aliphatic heterocycles. The summed E-state index contributed by atoms with van der Waals surface area (Å²) >= 11 is 5.78. The highest BCUT2D eigenvalue weighted by Crippen LogP contribution is 2.20. The summed E-state index contributed by atoms with van der Waals surface area (Å²) in [5, 5.41) is 3.33. The molecule has 1 amide bonds. The molecule has 0 bridgehead atoms. The van der Waals surface area contributed by atoms with Gasteiger partial charge in [0.1, 0.15) is 0 Å². The number of anilines is 1. The molecule has 6 heteroatoms. The zero-order valence-electron chi connectivity index (χ0n) is 11.9. The largest absolute Gasteiger partial charge is 0.449 e. The van der Waals surface area contributed by atoms with Crippen LogP contribution in [0, 0.1) is 0 Å². The lowest BCUT2D eigenvalue weighted by atomic mass is 10.2. The van der Waals surface area contributed by atoms with Gasteiger partial charge in [-0.05, 0) is 38.0 Å². The lowest BCUT2D eigenvalue weighted by Gasteiger charge is -2.17. The number of hydrogen-bond acceptors (Lipinski definition) is 4. The summed E-state index contributed by atoms with van der Waals surface area (Å²) < 4.78 is 5.16. The number of ether oxygens (including phenoxy) is 1. The second-order valence-electron chi connectivity index (χ2n) is 5.27. The molecule has 1 atom stereocenters. The van der Waals surface area contributed by atoms with Crippen LogP contribution in [0.4, 0.5) is 5.69 Å². The Kier molecular flexibility index (Phi) is 5.07. The number of nitrogen functional groups attached to an aromatic ring is 1. The minimum absolute atomic E-state index is 0.194. The topological polar surface area (TPSA) is 81.4 Å². The number of carbonyl (C=O) groups is 2. The summed E-state index contributed by atoms with van der Waals surface area (Å²) in [5.41, 5.74) is 6.16. The maximum atomic E-state index is 12.0. The fourth-order valence-corrected chi connectivity index (χ4v) is 2.57. The maximum Gasteiger partial charge on any atom is 0.341 e. The molecule has 0 unspecified atom stereocenters. The van der Waals surface area contributed by atoms with Gasteiger partial charge in [0.25, 0.3) is 5.91 Å². The Bertz CT molecular complexity index is 542. The van der Waals surface area contributed by atoms with Gasteiger partial charge in [0.05, 0.1) is 5.56 Å². The van der Waals surface area contributed by atoms with E-state index in [1.165, 1.54) is 12.1 Å². The Balaban J connectivity index is 1.93. The normalized spacial score (nSPS) is 16.5. The van der Waals surface area contributed by atoms with Gasteiger partial charge in [0.2, 0.25) is 0 Å². The molecule has 1 aromatic carbocycles. The van der Waals surface area contributed by atoms with Gasteiger partial charge in [-0.1, -0.05) is 24.4 Å². The summed E-state index contributed by atoms with van der Waals surface area (Å²) in [6, 6.07) is 4.71. The second kappa shape index (κ2) is 6.80. The standard InChI is InChI=1S/C15H19ClN2O3/c1-9(14(19)18-11-4-2-3-5-11)21-15(20)12-7-6-10(16)8-13(12)17/h6-9,11H,2-5,17H2,1H3,(H,18,19)/t9-/m1/s1. The number of nitrogens with two attached hydrogens (primary N) is 1. The molecule has 0 heterocycles. The molecule has 0 spiro atoms. The van der Waals surface area contributed by atoms with Gasteiger partial charge >= 0.3 is 5.97 Å². The molecule has 1 aliphatic rings. The number of esters is 1. The van der Waals surface area contributed by atoms with Crippen LogP contribution in [0.25, 0.3) is 0 Å². The molecule has 1 aliphatic carbocycles. The van der Waals surface area contributed by atoms with Crippen molar-refractivity contribution >= 4 is 29.2 Å². The van der Waals surface area contributed by atoms with Crippen molar-refractivity contribution in [1.29, 1.82) is 0 Å². The van der Waals surface area contributed by atoms with Gasteiger partial charge in [0.15, 0.2) is 6.10 Å². The van der Waals surface area contributed by atoms with Crippen LogP contribution in [0.3, 0.4) is 0 Å². The van der Waals surface area contributed by atoms with E-state index in [0.717, 1.165) is 25.7 Å². The van der Waals surface area contributed by atoms with Crippen molar-refractivity contribution in [3.63, 3.8) is 0 Å². The Labute approximate surface area is 128 Å². The van der Waals surface area contributed by atoms with Crippen molar-refractivity contribution in [3.05, 3.63) is 28.8 Å². The van der Waals surface area contributed by atoms with E-state index >= 15 is 0 Å². The zero-order chi connectivity index (χ0) is 15.4. The van der Waals surface area contributed by atoms with Crippen molar-refractivity contribution in [2.45, 2.75) is 44.8 Å². The van der Waals surface area contributed by atoms with E-state index in [4.69, 9.17) is 22.1 Å². The SMILES string of the molecule is C[C@@H](OC(=O)c1ccc(Cl)cc1N)C(=O)NC1CCCC1. The van der Waals surface area contributed by atoms with E-state index in [-0.39, 0.29) is 23.2 Å². The monoisotopic (exact) mass is 310 g/mol. The third-order valence-corrected chi connectivity index (χ3v) is 3.82. The highest BCUT2D eigenvalue weighted by Gasteiger charge is 2.24. The third-order valence-electron chi connectivity index (χ3n) is 3.59. The number of carbonyl (C=O) groups excluding carboxylic acids is 2. The average molecular weight is 311 g/mol.